The summed E-state index contributed by atoms with van der Waals surface area (Å²) in [5, 5.41) is 10.7. The van der Waals surface area contributed by atoms with Crippen LogP contribution in [0.15, 0.2) is 0 Å². The lowest BCUT2D eigenvalue weighted by Gasteiger charge is -2.46. The Morgan fingerprint density at radius 3 is 2.53 bits per heavy atom. The zero-order chi connectivity index (χ0) is 10.8. The molecule has 3 N–H and O–H groups in total. The van der Waals surface area contributed by atoms with Crippen LogP contribution in [-0.4, -0.2) is 41.0 Å². The SMILES string of the molecule is NC1(C2(O)CCCOCC2)CCSCC1. The first-order valence-corrected chi connectivity index (χ1v) is 6.99. The Labute approximate surface area is 95.7 Å². The van der Waals surface area contributed by atoms with Gasteiger partial charge in [-0.05, 0) is 37.2 Å². The van der Waals surface area contributed by atoms with Gasteiger partial charge in [0.1, 0.15) is 0 Å². The molecule has 2 aliphatic rings. The topological polar surface area (TPSA) is 55.5 Å². The molecule has 0 aromatic rings. The second-order valence-corrected chi connectivity index (χ2v) is 5.99. The number of thioether (sulfide) groups is 1. The predicted octanol–water partition coefficient (Wildman–Crippen LogP) is 1.14. The zero-order valence-corrected chi connectivity index (χ0v) is 10.0. The van der Waals surface area contributed by atoms with E-state index in [9.17, 15) is 5.11 Å². The molecule has 15 heavy (non-hydrogen) atoms. The van der Waals surface area contributed by atoms with Crippen LogP contribution in [0, 0.1) is 0 Å². The smallest absolute Gasteiger partial charge is 0.0849 e. The minimum absolute atomic E-state index is 0.369. The van der Waals surface area contributed by atoms with E-state index in [4.69, 9.17) is 10.5 Å². The lowest BCUT2D eigenvalue weighted by Crippen LogP contribution is -2.62. The second-order valence-electron chi connectivity index (χ2n) is 4.77. The molecule has 0 bridgehead atoms. The summed E-state index contributed by atoms with van der Waals surface area (Å²) in [5.74, 6) is 2.17. The van der Waals surface area contributed by atoms with E-state index in [1.165, 1.54) is 0 Å². The number of ether oxygens (including phenoxy) is 1. The van der Waals surface area contributed by atoms with E-state index in [0.717, 1.165) is 43.8 Å². The highest BCUT2D eigenvalue weighted by molar-refractivity contribution is 7.99. The van der Waals surface area contributed by atoms with Gasteiger partial charge in [-0.3, -0.25) is 0 Å². The van der Waals surface area contributed by atoms with Crippen molar-refractivity contribution < 1.29 is 9.84 Å². The van der Waals surface area contributed by atoms with E-state index < -0.39 is 5.60 Å². The summed E-state index contributed by atoms with van der Waals surface area (Å²) in [4.78, 5) is 0. The number of aliphatic hydroxyl groups is 1. The molecule has 4 heteroatoms. The van der Waals surface area contributed by atoms with Crippen molar-refractivity contribution in [2.24, 2.45) is 5.73 Å². The molecule has 3 nitrogen and oxygen atoms in total. The maximum Gasteiger partial charge on any atom is 0.0849 e. The second kappa shape index (κ2) is 4.62. The summed E-state index contributed by atoms with van der Waals surface area (Å²) >= 11 is 1.94. The number of rotatable bonds is 1. The molecular formula is C11H21NO2S. The highest BCUT2D eigenvalue weighted by atomic mass is 32.2. The van der Waals surface area contributed by atoms with E-state index in [-0.39, 0.29) is 5.54 Å². The largest absolute Gasteiger partial charge is 0.388 e. The average molecular weight is 231 g/mol. The number of hydrogen-bond acceptors (Lipinski definition) is 4. The minimum atomic E-state index is -0.690. The Kier molecular flexibility index (Phi) is 3.60. The molecule has 0 aromatic heterocycles. The quantitative estimate of drug-likeness (QED) is 0.710. The molecule has 0 aliphatic carbocycles. The van der Waals surface area contributed by atoms with Crippen LogP contribution in [0.4, 0.5) is 0 Å². The van der Waals surface area contributed by atoms with Crippen LogP contribution in [-0.2, 0) is 4.74 Å². The predicted molar refractivity (Wildman–Crippen MR) is 63.1 cm³/mol. The molecule has 0 radical (unpaired) electrons. The third kappa shape index (κ3) is 2.33. The normalized spacial score (nSPS) is 37.2. The standard InChI is InChI=1S/C11H21NO2S/c12-10(4-8-15-9-5-10)11(13)2-1-6-14-7-3-11/h13H,1-9,12H2. The fourth-order valence-corrected chi connectivity index (χ4v) is 3.85. The van der Waals surface area contributed by atoms with Gasteiger partial charge in [0.2, 0.25) is 0 Å². The van der Waals surface area contributed by atoms with Gasteiger partial charge >= 0.3 is 0 Å². The van der Waals surface area contributed by atoms with Crippen LogP contribution in [0.3, 0.4) is 0 Å². The van der Waals surface area contributed by atoms with Crippen molar-refractivity contribution >= 4 is 11.8 Å². The molecule has 2 heterocycles. The third-order valence-corrected chi connectivity index (χ3v) is 4.84. The van der Waals surface area contributed by atoms with Gasteiger partial charge in [0.25, 0.3) is 0 Å². The van der Waals surface area contributed by atoms with Crippen molar-refractivity contribution in [1.82, 2.24) is 0 Å². The van der Waals surface area contributed by atoms with Crippen molar-refractivity contribution in [2.45, 2.75) is 43.2 Å². The third-order valence-electron chi connectivity index (χ3n) is 3.85. The molecule has 0 saturated carbocycles. The van der Waals surface area contributed by atoms with Crippen LogP contribution >= 0.6 is 11.8 Å². The van der Waals surface area contributed by atoms with Crippen LogP contribution < -0.4 is 5.73 Å². The van der Waals surface area contributed by atoms with E-state index in [1.54, 1.807) is 0 Å². The molecule has 0 aromatic carbocycles. The van der Waals surface area contributed by atoms with E-state index in [0.29, 0.717) is 13.0 Å². The van der Waals surface area contributed by atoms with E-state index in [2.05, 4.69) is 0 Å². The van der Waals surface area contributed by atoms with Crippen molar-refractivity contribution in [1.29, 1.82) is 0 Å². The molecule has 88 valence electrons. The lowest BCUT2D eigenvalue weighted by molar-refractivity contribution is -0.0549. The van der Waals surface area contributed by atoms with Crippen molar-refractivity contribution in [3.05, 3.63) is 0 Å². The summed E-state index contributed by atoms with van der Waals surface area (Å²) in [6, 6.07) is 0. The summed E-state index contributed by atoms with van der Waals surface area (Å²) in [7, 11) is 0. The first kappa shape index (κ1) is 11.7. The fraction of sp³-hybridized carbons (Fsp3) is 1.00. The highest BCUT2D eigenvalue weighted by Gasteiger charge is 2.47. The fourth-order valence-electron chi connectivity index (χ4n) is 2.63. The minimum Gasteiger partial charge on any atom is -0.388 e. The van der Waals surface area contributed by atoms with Crippen molar-refractivity contribution in [3.63, 3.8) is 0 Å². The first-order valence-electron chi connectivity index (χ1n) is 5.83. The summed E-state index contributed by atoms with van der Waals surface area (Å²) in [6.45, 7) is 1.43. The molecule has 2 rings (SSSR count). The average Bonchev–Trinajstić information content (AvgIpc) is 2.45. The highest BCUT2D eigenvalue weighted by Crippen LogP contribution is 2.39. The van der Waals surface area contributed by atoms with Gasteiger partial charge in [-0.15, -0.1) is 0 Å². The van der Waals surface area contributed by atoms with E-state index in [1.807, 2.05) is 11.8 Å². The van der Waals surface area contributed by atoms with Crippen LogP contribution in [0.25, 0.3) is 0 Å². The summed E-state index contributed by atoms with van der Waals surface area (Å²) < 4.78 is 5.40. The zero-order valence-electron chi connectivity index (χ0n) is 9.21. The summed E-state index contributed by atoms with van der Waals surface area (Å²) in [5.41, 5.74) is 5.36. The van der Waals surface area contributed by atoms with Crippen molar-refractivity contribution in [3.8, 4) is 0 Å². The Morgan fingerprint density at radius 2 is 1.80 bits per heavy atom. The number of nitrogens with two attached hydrogens (primary N) is 1. The van der Waals surface area contributed by atoms with Crippen LogP contribution in [0.5, 0.6) is 0 Å². The molecule has 1 unspecified atom stereocenters. The summed E-state index contributed by atoms with van der Waals surface area (Å²) in [6.07, 6.45) is 4.31. The maximum absolute atomic E-state index is 10.7. The van der Waals surface area contributed by atoms with Gasteiger partial charge in [0.05, 0.1) is 5.60 Å². The van der Waals surface area contributed by atoms with Gasteiger partial charge in [-0.2, -0.15) is 11.8 Å². The monoisotopic (exact) mass is 231 g/mol. The molecule has 2 fully saturated rings. The molecular weight excluding hydrogens is 210 g/mol. The van der Waals surface area contributed by atoms with Crippen LogP contribution in [0.1, 0.15) is 32.1 Å². The Bertz CT molecular complexity index is 209. The van der Waals surface area contributed by atoms with Crippen LogP contribution in [0.2, 0.25) is 0 Å². The Hall–Kier alpha value is 0.230. The van der Waals surface area contributed by atoms with Gasteiger partial charge in [-0.1, -0.05) is 0 Å². The Morgan fingerprint density at radius 1 is 1.07 bits per heavy atom. The lowest BCUT2D eigenvalue weighted by atomic mass is 9.72. The molecule has 0 spiro atoms. The van der Waals surface area contributed by atoms with E-state index >= 15 is 0 Å². The molecule has 0 amide bonds. The maximum atomic E-state index is 10.7. The Balaban J connectivity index is 2.10. The first-order chi connectivity index (χ1) is 7.16. The van der Waals surface area contributed by atoms with Gasteiger partial charge in [0.15, 0.2) is 0 Å². The van der Waals surface area contributed by atoms with Gasteiger partial charge in [0, 0.05) is 25.2 Å². The van der Waals surface area contributed by atoms with Gasteiger partial charge < -0.3 is 15.6 Å². The molecule has 1 atom stereocenters. The van der Waals surface area contributed by atoms with Crippen molar-refractivity contribution in [2.75, 3.05) is 24.7 Å². The number of hydrogen-bond donors (Lipinski definition) is 2. The van der Waals surface area contributed by atoms with Gasteiger partial charge in [-0.25, -0.2) is 0 Å². The molecule has 2 aliphatic heterocycles. The molecule has 2 saturated heterocycles.